The van der Waals surface area contributed by atoms with Crippen LogP contribution in [0.4, 0.5) is 11.5 Å². The molecule has 0 amide bonds. The second-order valence-corrected chi connectivity index (χ2v) is 5.45. The third-order valence-corrected chi connectivity index (χ3v) is 3.32. The van der Waals surface area contributed by atoms with Crippen LogP contribution in [0, 0.1) is 17.0 Å². The van der Waals surface area contributed by atoms with Crippen LogP contribution < -0.4 is 5.32 Å². The molecule has 0 bridgehead atoms. The van der Waals surface area contributed by atoms with Gasteiger partial charge in [0.15, 0.2) is 5.82 Å². The van der Waals surface area contributed by atoms with Gasteiger partial charge in [0.2, 0.25) is 0 Å². The Kier molecular flexibility index (Phi) is 4.69. The Morgan fingerprint density at radius 1 is 1.45 bits per heavy atom. The van der Waals surface area contributed by atoms with Crippen LogP contribution in [-0.2, 0) is 13.5 Å². The first-order valence-electron chi connectivity index (χ1n) is 7.13. The van der Waals surface area contributed by atoms with Gasteiger partial charge in [-0.05, 0) is 13.0 Å². The predicted octanol–water partition coefficient (Wildman–Crippen LogP) is 2.20. The van der Waals surface area contributed by atoms with Crippen molar-refractivity contribution < 1.29 is 4.92 Å². The molecule has 0 spiro atoms. The lowest BCUT2D eigenvalue weighted by molar-refractivity contribution is -0.385. The molecule has 0 unspecified atom stereocenters. The van der Waals surface area contributed by atoms with Crippen LogP contribution >= 0.6 is 0 Å². The normalized spacial score (nSPS) is 11.0. The number of rotatable bonds is 6. The molecular weight excluding hydrogens is 284 g/mol. The molecule has 0 saturated heterocycles. The third kappa shape index (κ3) is 3.57. The Labute approximate surface area is 128 Å². The van der Waals surface area contributed by atoms with Crippen LogP contribution in [0.15, 0.2) is 12.3 Å². The summed E-state index contributed by atoms with van der Waals surface area (Å²) in [7, 11) is 1.88. The van der Waals surface area contributed by atoms with Crippen LogP contribution in [0.5, 0.6) is 0 Å². The molecule has 22 heavy (non-hydrogen) atoms. The highest BCUT2D eigenvalue weighted by atomic mass is 16.6. The summed E-state index contributed by atoms with van der Waals surface area (Å²) in [6.45, 7) is 6.44. The summed E-state index contributed by atoms with van der Waals surface area (Å²) in [5.74, 6) is 2.65. The van der Waals surface area contributed by atoms with E-state index in [4.69, 9.17) is 0 Å². The number of aryl methyl sites for hydroxylation is 2. The van der Waals surface area contributed by atoms with E-state index < -0.39 is 4.92 Å². The van der Waals surface area contributed by atoms with Crippen molar-refractivity contribution in [1.29, 1.82) is 0 Å². The summed E-state index contributed by atoms with van der Waals surface area (Å²) < 4.78 is 1.78. The smallest absolute Gasteiger partial charge is 0.290 e. The summed E-state index contributed by atoms with van der Waals surface area (Å²) in [4.78, 5) is 18.9. The predicted molar refractivity (Wildman–Crippen MR) is 82.9 cm³/mol. The quantitative estimate of drug-likeness (QED) is 0.649. The Hall–Kier alpha value is -2.51. The number of pyridine rings is 1. The van der Waals surface area contributed by atoms with E-state index in [2.05, 4.69) is 34.2 Å². The lowest BCUT2D eigenvalue weighted by Crippen LogP contribution is -2.10. The van der Waals surface area contributed by atoms with Gasteiger partial charge < -0.3 is 5.32 Å². The summed E-state index contributed by atoms with van der Waals surface area (Å²) in [6.07, 6.45) is 1.98. The van der Waals surface area contributed by atoms with Gasteiger partial charge in [-0.2, -0.15) is 5.10 Å². The van der Waals surface area contributed by atoms with Crippen molar-refractivity contribution in [2.75, 3.05) is 11.9 Å². The third-order valence-electron chi connectivity index (χ3n) is 3.32. The van der Waals surface area contributed by atoms with Crippen LogP contribution in [0.25, 0.3) is 0 Å². The average molecular weight is 304 g/mol. The van der Waals surface area contributed by atoms with Crippen molar-refractivity contribution in [1.82, 2.24) is 19.7 Å². The van der Waals surface area contributed by atoms with E-state index in [1.54, 1.807) is 17.7 Å². The second kappa shape index (κ2) is 6.50. The molecule has 0 aromatic carbocycles. The lowest BCUT2D eigenvalue weighted by Gasteiger charge is -2.06. The maximum atomic E-state index is 10.8. The van der Waals surface area contributed by atoms with E-state index in [-0.39, 0.29) is 5.69 Å². The van der Waals surface area contributed by atoms with Gasteiger partial charge in [0.25, 0.3) is 5.69 Å². The number of aromatic nitrogens is 4. The number of nitrogens with zero attached hydrogens (tertiary/aromatic N) is 5. The highest BCUT2D eigenvalue weighted by Gasteiger charge is 2.12. The fraction of sp³-hybridized carbons (Fsp3) is 0.500. The summed E-state index contributed by atoms with van der Waals surface area (Å²) in [6, 6.07) is 1.67. The Bertz CT molecular complexity index is 680. The molecule has 8 heteroatoms. The minimum Gasteiger partial charge on any atom is -0.370 e. The van der Waals surface area contributed by atoms with Gasteiger partial charge in [0.05, 0.1) is 4.92 Å². The molecule has 2 aromatic heterocycles. The number of hydrogen-bond donors (Lipinski definition) is 1. The van der Waals surface area contributed by atoms with E-state index in [1.165, 1.54) is 6.20 Å². The zero-order chi connectivity index (χ0) is 16.3. The first kappa shape index (κ1) is 15.9. The highest BCUT2D eigenvalue weighted by Crippen LogP contribution is 2.18. The number of nitrogens with one attached hydrogen (secondary N) is 1. The van der Waals surface area contributed by atoms with Crippen LogP contribution in [0.1, 0.15) is 37.0 Å². The minimum absolute atomic E-state index is 0.0282. The zero-order valence-corrected chi connectivity index (χ0v) is 13.2. The van der Waals surface area contributed by atoms with Gasteiger partial charge >= 0.3 is 0 Å². The first-order chi connectivity index (χ1) is 10.4. The Morgan fingerprint density at radius 2 is 2.18 bits per heavy atom. The average Bonchev–Trinajstić information content (AvgIpc) is 2.80. The monoisotopic (exact) mass is 304 g/mol. The fourth-order valence-corrected chi connectivity index (χ4v) is 2.04. The van der Waals surface area contributed by atoms with Crippen LogP contribution in [0.2, 0.25) is 0 Å². The van der Waals surface area contributed by atoms with Crippen LogP contribution in [-0.4, -0.2) is 31.2 Å². The summed E-state index contributed by atoms with van der Waals surface area (Å²) >= 11 is 0. The van der Waals surface area contributed by atoms with Crippen LogP contribution in [0.3, 0.4) is 0 Å². The van der Waals surface area contributed by atoms with Gasteiger partial charge in [0, 0.05) is 31.5 Å². The number of nitro groups is 1. The molecule has 0 aliphatic carbocycles. The van der Waals surface area contributed by atoms with Gasteiger partial charge in [-0.3, -0.25) is 14.8 Å². The second-order valence-electron chi connectivity index (χ2n) is 5.45. The van der Waals surface area contributed by atoms with Crippen molar-refractivity contribution >= 4 is 11.5 Å². The van der Waals surface area contributed by atoms with Gasteiger partial charge in [-0.1, -0.05) is 13.8 Å². The van der Waals surface area contributed by atoms with Crippen molar-refractivity contribution in [3.63, 3.8) is 0 Å². The molecule has 2 heterocycles. The first-order valence-corrected chi connectivity index (χ1v) is 7.13. The van der Waals surface area contributed by atoms with Gasteiger partial charge in [0.1, 0.15) is 17.8 Å². The fourth-order valence-electron chi connectivity index (χ4n) is 2.04. The molecule has 0 radical (unpaired) electrons. The van der Waals surface area contributed by atoms with Crippen molar-refractivity contribution in [2.24, 2.45) is 7.05 Å². The molecule has 1 N–H and O–H groups in total. The van der Waals surface area contributed by atoms with Gasteiger partial charge in [-0.25, -0.2) is 9.97 Å². The summed E-state index contributed by atoms with van der Waals surface area (Å²) in [5.41, 5.74) is 0.615. The maximum absolute atomic E-state index is 10.8. The highest BCUT2D eigenvalue weighted by molar-refractivity contribution is 5.46. The Morgan fingerprint density at radius 3 is 2.73 bits per heavy atom. The van der Waals surface area contributed by atoms with E-state index in [1.807, 2.05) is 7.05 Å². The molecule has 0 aliphatic rings. The van der Waals surface area contributed by atoms with Crippen molar-refractivity contribution in [2.45, 2.75) is 33.1 Å². The molecule has 118 valence electrons. The van der Waals surface area contributed by atoms with E-state index in [0.29, 0.717) is 30.3 Å². The lowest BCUT2D eigenvalue weighted by atomic mass is 10.2. The van der Waals surface area contributed by atoms with E-state index in [0.717, 1.165) is 11.6 Å². The number of hydrogen-bond acceptors (Lipinski definition) is 6. The largest absolute Gasteiger partial charge is 0.370 e. The number of anilines is 1. The molecule has 8 nitrogen and oxygen atoms in total. The molecule has 2 aromatic rings. The standard InChI is InChI=1S/C14H20N6O2/c1-9(2)14-17-13(19(4)18-14)5-6-15-12-7-10(3)11(8-16-12)20(21)22/h7-9H,5-6H2,1-4H3,(H,15,16). The van der Waals surface area contributed by atoms with Gasteiger partial charge in [-0.15, -0.1) is 0 Å². The van der Waals surface area contributed by atoms with E-state index >= 15 is 0 Å². The topological polar surface area (TPSA) is 98.8 Å². The summed E-state index contributed by atoms with van der Waals surface area (Å²) in [5, 5.41) is 18.3. The van der Waals surface area contributed by atoms with E-state index in [9.17, 15) is 10.1 Å². The SMILES string of the molecule is Cc1cc(NCCc2nc(C(C)C)nn2C)ncc1[N+](=O)[O-]. The maximum Gasteiger partial charge on any atom is 0.290 e. The minimum atomic E-state index is -0.431. The molecule has 0 fully saturated rings. The zero-order valence-electron chi connectivity index (χ0n) is 13.2. The van der Waals surface area contributed by atoms with Crippen molar-refractivity contribution in [3.05, 3.63) is 39.6 Å². The molecule has 0 atom stereocenters. The molecule has 0 saturated carbocycles. The molecular formula is C14H20N6O2. The Balaban J connectivity index is 1.96. The van der Waals surface area contributed by atoms with Crippen molar-refractivity contribution in [3.8, 4) is 0 Å². The molecule has 2 rings (SSSR count). The molecule has 0 aliphatic heterocycles.